The average Bonchev–Trinajstić information content (AvgIpc) is 2.85. The SMILES string of the molecule is CC(C)(C)c1nc(-c2ccsc2)sc1C(=O)O. The highest BCUT2D eigenvalue weighted by atomic mass is 32.1. The third kappa shape index (κ3) is 2.40. The number of carbonyl (C=O) groups is 1. The largest absolute Gasteiger partial charge is 0.477 e. The van der Waals surface area contributed by atoms with E-state index in [1.165, 1.54) is 11.3 Å². The Morgan fingerprint density at radius 3 is 2.53 bits per heavy atom. The molecule has 0 aromatic carbocycles. The zero-order chi connectivity index (χ0) is 12.6. The first kappa shape index (κ1) is 12.3. The van der Waals surface area contributed by atoms with Crippen LogP contribution in [-0.4, -0.2) is 16.1 Å². The van der Waals surface area contributed by atoms with Crippen molar-refractivity contribution in [3.8, 4) is 10.6 Å². The summed E-state index contributed by atoms with van der Waals surface area (Å²) in [5, 5.41) is 13.9. The average molecular weight is 267 g/mol. The molecule has 0 spiro atoms. The van der Waals surface area contributed by atoms with Gasteiger partial charge in [-0.3, -0.25) is 0 Å². The molecule has 0 aliphatic carbocycles. The Labute approximate surface area is 108 Å². The molecule has 0 atom stereocenters. The Hall–Kier alpha value is -1.20. The van der Waals surface area contributed by atoms with Crippen molar-refractivity contribution in [2.45, 2.75) is 26.2 Å². The van der Waals surface area contributed by atoms with E-state index < -0.39 is 5.97 Å². The van der Waals surface area contributed by atoms with E-state index in [-0.39, 0.29) is 5.41 Å². The predicted octanol–water partition coefficient (Wildman–Crippen LogP) is 3.87. The van der Waals surface area contributed by atoms with Crippen LogP contribution in [0, 0.1) is 0 Å². The van der Waals surface area contributed by atoms with E-state index in [2.05, 4.69) is 4.98 Å². The molecule has 3 nitrogen and oxygen atoms in total. The van der Waals surface area contributed by atoms with Crippen molar-refractivity contribution in [2.75, 3.05) is 0 Å². The van der Waals surface area contributed by atoms with Crippen LogP contribution in [0.25, 0.3) is 10.6 Å². The maximum Gasteiger partial charge on any atom is 0.347 e. The number of thiophene rings is 1. The van der Waals surface area contributed by atoms with Gasteiger partial charge in [-0.25, -0.2) is 9.78 Å². The number of aromatic carboxylic acids is 1. The Bertz CT molecular complexity index is 535. The molecule has 0 unspecified atom stereocenters. The summed E-state index contributed by atoms with van der Waals surface area (Å²) in [5.41, 5.74) is 1.41. The van der Waals surface area contributed by atoms with Crippen LogP contribution in [0.3, 0.4) is 0 Å². The number of aromatic nitrogens is 1. The molecule has 90 valence electrons. The van der Waals surface area contributed by atoms with Crippen LogP contribution in [0.5, 0.6) is 0 Å². The van der Waals surface area contributed by atoms with Crippen molar-refractivity contribution in [2.24, 2.45) is 0 Å². The van der Waals surface area contributed by atoms with Gasteiger partial charge in [-0.05, 0) is 11.4 Å². The van der Waals surface area contributed by atoms with Gasteiger partial charge in [-0.1, -0.05) is 20.8 Å². The zero-order valence-corrected chi connectivity index (χ0v) is 11.5. The van der Waals surface area contributed by atoms with Crippen LogP contribution in [0.1, 0.15) is 36.1 Å². The number of carboxylic acid groups (broad SMARTS) is 1. The number of hydrogen-bond donors (Lipinski definition) is 1. The second kappa shape index (κ2) is 4.23. The smallest absolute Gasteiger partial charge is 0.347 e. The van der Waals surface area contributed by atoms with Gasteiger partial charge in [-0.2, -0.15) is 11.3 Å². The standard InChI is InChI=1S/C12H13NO2S2/c1-12(2,3)9-8(11(14)15)17-10(13-9)7-4-5-16-6-7/h4-6H,1-3H3,(H,14,15). The summed E-state index contributed by atoms with van der Waals surface area (Å²) < 4.78 is 0. The number of carboxylic acids is 1. The lowest BCUT2D eigenvalue weighted by Gasteiger charge is -2.15. The Morgan fingerprint density at radius 2 is 2.12 bits per heavy atom. The summed E-state index contributed by atoms with van der Waals surface area (Å²) in [7, 11) is 0. The molecule has 2 rings (SSSR count). The zero-order valence-electron chi connectivity index (χ0n) is 9.85. The number of nitrogens with zero attached hydrogens (tertiary/aromatic N) is 1. The molecule has 0 aliphatic heterocycles. The van der Waals surface area contributed by atoms with Crippen molar-refractivity contribution < 1.29 is 9.90 Å². The molecule has 0 amide bonds. The van der Waals surface area contributed by atoms with Crippen molar-refractivity contribution in [1.82, 2.24) is 4.98 Å². The van der Waals surface area contributed by atoms with E-state index in [0.717, 1.165) is 10.6 Å². The fourth-order valence-corrected chi connectivity index (χ4v) is 3.31. The number of thiazole rings is 1. The van der Waals surface area contributed by atoms with Crippen molar-refractivity contribution in [1.29, 1.82) is 0 Å². The van der Waals surface area contributed by atoms with Gasteiger partial charge in [0.25, 0.3) is 0 Å². The Morgan fingerprint density at radius 1 is 1.41 bits per heavy atom. The summed E-state index contributed by atoms with van der Waals surface area (Å²) in [5.74, 6) is -0.895. The third-order valence-electron chi connectivity index (χ3n) is 2.30. The molecule has 2 aromatic heterocycles. The molecule has 5 heteroatoms. The summed E-state index contributed by atoms with van der Waals surface area (Å²) in [6.45, 7) is 5.93. The van der Waals surface area contributed by atoms with Gasteiger partial charge >= 0.3 is 5.97 Å². The summed E-state index contributed by atoms with van der Waals surface area (Å²) >= 11 is 2.83. The van der Waals surface area contributed by atoms with E-state index in [1.54, 1.807) is 11.3 Å². The number of hydrogen-bond acceptors (Lipinski definition) is 4. The highest BCUT2D eigenvalue weighted by molar-refractivity contribution is 7.17. The molecule has 0 aliphatic rings. The highest BCUT2D eigenvalue weighted by Crippen LogP contribution is 2.35. The van der Waals surface area contributed by atoms with Crippen molar-refractivity contribution >= 4 is 28.6 Å². The van der Waals surface area contributed by atoms with Crippen LogP contribution in [0.15, 0.2) is 16.8 Å². The predicted molar refractivity (Wildman–Crippen MR) is 71.1 cm³/mol. The molecule has 0 saturated heterocycles. The fraction of sp³-hybridized carbons (Fsp3) is 0.333. The van der Waals surface area contributed by atoms with E-state index in [0.29, 0.717) is 10.6 Å². The molecule has 17 heavy (non-hydrogen) atoms. The lowest BCUT2D eigenvalue weighted by molar-refractivity contribution is 0.0699. The van der Waals surface area contributed by atoms with Gasteiger partial charge in [0, 0.05) is 16.4 Å². The Balaban J connectivity index is 2.56. The third-order valence-corrected chi connectivity index (χ3v) is 4.08. The molecule has 2 heterocycles. The molecule has 1 N–H and O–H groups in total. The lowest BCUT2D eigenvalue weighted by atomic mass is 9.91. The molecule has 0 radical (unpaired) electrons. The molecule has 0 fully saturated rings. The summed E-state index contributed by atoms with van der Waals surface area (Å²) in [6, 6.07) is 1.96. The second-order valence-electron chi connectivity index (χ2n) is 4.76. The van der Waals surface area contributed by atoms with Crippen LogP contribution >= 0.6 is 22.7 Å². The molecule has 0 saturated carbocycles. The van der Waals surface area contributed by atoms with Gasteiger partial charge < -0.3 is 5.11 Å². The first-order valence-electron chi connectivity index (χ1n) is 5.17. The van der Waals surface area contributed by atoms with Crippen LogP contribution in [0.2, 0.25) is 0 Å². The van der Waals surface area contributed by atoms with E-state index in [4.69, 9.17) is 0 Å². The maximum absolute atomic E-state index is 11.2. The van der Waals surface area contributed by atoms with E-state index >= 15 is 0 Å². The van der Waals surface area contributed by atoms with Gasteiger partial charge in [-0.15, -0.1) is 11.3 Å². The minimum absolute atomic E-state index is 0.251. The number of rotatable bonds is 2. The monoisotopic (exact) mass is 267 g/mol. The van der Waals surface area contributed by atoms with Crippen LogP contribution < -0.4 is 0 Å². The van der Waals surface area contributed by atoms with Gasteiger partial charge in [0.2, 0.25) is 0 Å². The minimum Gasteiger partial charge on any atom is -0.477 e. The highest BCUT2D eigenvalue weighted by Gasteiger charge is 2.27. The molecular weight excluding hydrogens is 254 g/mol. The first-order valence-corrected chi connectivity index (χ1v) is 6.92. The minimum atomic E-state index is -0.895. The van der Waals surface area contributed by atoms with Crippen molar-refractivity contribution in [3.63, 3.8) is 0 Å². The van der Waals surface area contributed by atoms with E-state index in [9.17, 15) is 9.90 Å². The van der Waals surface area contributed by atoms with E-state index in [1.807, 2.05) is 37.6 Å². The normalized spacial score (nSPS) is 11.7. The first-order chi connectivity index (χ1) is 7.89. The fourth-order valence-electron chi connectivity index (χ4n) is 1.48. The summed E-state index contributed by atoms with van der Waals surface area (Å²) in [6.07, 6.45) is 0. The quantitative estimate of drug-likeness (QED) is 0.898. The Kier molecular flexibility index (Phi) is 3.05. The van der Waals surface area contributed by atoms with Gasteiger partial charge in [0.1, 0.15) is 9.88 Å². The topological polar surface area (TPSA) is 50.2 Å². The molecule has 2 aromatic rings. The van der Waals surface area contributed by atoms with Gasteiger partial charge in [0.05, 0.1) is 5.69 Å². The molecular formula is C12H13NO2S2. The summed E-state index contributed by atoms with van der Waals surface area (Å²) in [4.78, 5) is 16.1. The van der Waals surface area contributed by atoms with Crippen LogP contribution in [0.4, 0.5) is 0 Å². The molecule has 0 bridgehead atoms. The second-order valence-corrected chi connectivity index (χ2v) is 6.54. The van der Waals surface area contributed by atoms with Crippen molar-refractivity contribution in [3.05, 3.63) is 27.4 Å². The van der Waals surface area contributed by atoms with Gasteiger partial charge in [0.15, 0.2) is 0 Å². The maximum atomic E-state index is 11.2. The lowest BCUT2D eigenvalue weighted by Crippen LogP contribution is -2.16. The van der Waals surface area contributed by atoms with Crippen LogP contribution in [-0.2, 0) is 5.41 Å².